The van der Waals surface area contributed by atoms with Crippen molar-refractivity contribution in [3.8, 4) is 0 Å². The summed E-state index contributed by atoms with van der Waals surface area (Å²) >= 11 is 0. The summed E-state index contributed by atoms with van der Waals surface area (Å²) in [5, 5.41) is 5.41. The summed E-state index contributed by atoms with van der Waals surface area (Å²) in [4.78, 5) is 0. The maximum Gasteiger partial charge on any atom is 0.131 e. The summed E-state index contributed by atoms with van der Waals surface area (Å²) in [6.45, 7) is 3.09. The standard InChI is InChI=1S/C19H24FN/c1-2-21-19(13-14-7-3-4-8-14)17-11-12-18(20)16-10-6-5-9-15(16)17/h5-6,9-12,14,19,21H,2-4,7-8,13H2,1H3. The van der Waals surface area contributed by atoms with Crippen LogP contribution in [0.4, 0.5) is 4.39 Å². The van der Waals surface area contributed by atoms with Crippen molar-refractivity contribution in [2.24, 2.45) is 5.92 Å². The van der Waals surface area contributed by atoms with Gasteiger partial charge in [0.25, 0.3) is 0 Å². The predicted molar refractivity (Wildman–Crippen MR) is 86.9 cm³/mol. The Hall–Kier alpha value is -1.41. The quantitative estimate of drug-likeness (QED) is 0.795. The first-order chi connectivity index (χ1) is 10.3. The predicted octanol–water partition coefficient (Wildman–Crippen LogP) is 5.21. The van der Waals surface area contributed by atoms with Gasteiger partial charge in [-0.25, -0.2) is 4.39 Å². The number of benzene rings is 2. The van der Waals surface area contributed by atoms with Gasteiger partial charge in [-0.15, -0.1) is 0 Å². The molecular formula is C19H24FN. The Bertz CT molecular complexity index is 602. The van der Waals surface area contributed by atoms with Crippen LogP contribution in [0.3, 0.4) is 0 Å². The third-order valence-corrected chi connectivity index (χ3v) is 4.77. The Morgan fingerprint density at radius 2 is 1.81 bits per heavy atom. The molecule has 1 fully saturated rings. The van der Waals surface area contributed by atoms with Crippen LogP contribution in [0.1, 0.15) is 50.6 Å². The molecule has 0 spiro atoms. The lowest BCUT2D eigenvalue weighted by molar-refractivity contribution is 0.402. The van der Waals surface area contributed by atoms with Gasteiger partial charge in [0, 0.05) is 11.4 Å². The minimum Gasteiger partial charge on any atom is -0.310 e. The van der Waals surface area contributed by atoms with Crippen LogP contribution in [-0.2, 0) is 0 Å². The van der Waals surface area contributed by atoms with Gasteiger partial charge >= 0.3 is 0 Å². The van der Waals surface area contributed by atoms with E-state index in [0.717, 1.165) is 23.2 Å². The highest BCUT2D eigenvalue weighted by atomic mass is 19.1. The number of fused-ring (bicyclic) bond motifs is 1. The van der Waals surface area contributed by atoms with Gasteiger partial charge in [0.2, 0.25) is 0 Å². The monoisotopic (exact) mass is 285 g/mol. The molecule has 0 aromatic heterocycles. The molecule has 2 aromatic carbocycles. The van der Waals surface area contributed by atoms with Crippen molar-refractivity contribution in [3.63, 3.8) is 0 Å². The maximum absolute atomic E-state index is 14.0. The summed E-state index contributed by atoms with van der Waals surface area (Å²) in [6, 6.07) is 11.8. The summed E-state index contributed by atoms with van der Waals surface area (Å²) < 4.78 is 14.0. The van der Waals surface area contributed by atoms with Gasteiger partial charge in [-0.05, 0) is 35.9 Å². The van der Waals surface area contributed by atoms with Crippen molar-refractivity contribution in [2.75, 3.05) is 6.54 Å². The molecule has 0 bridgehead atoms. The molecule has 1 atom stereocenters. The average molecular weight is 285 g/mol. The van der Waals surface area contributed by atoms with Crippen molar-refractivity contribution in [3.05, 3.63) is 47.8 Å². The number of rotatable bonds is 5. The fourth-order valence-electron chi connectivity index (χ4n) is 3.74. The van der Waals surface area contributed by atoms with Crippen LogP contribution in [0.5, 0.6) is 0 Å². The van der Waals surface area contributed by atoms with Crippen LogP contribution in [0.25, 0.3) is 10.8 Å². The molecule has 0 amide bonds. The van der Waals surface area contributed by atoms with Crippen LogP contribution in [0, 0.1) is 11.7 Å². The number of hydrogen-bond donors (Lipinski definition) is 1. The van der Waals surface area contributed by atoms with E-state index in [0.29, 0.717) is 6.04 Å². The minimum absolute atomic E-state index is 0.120. The van der Waals surface area contributed by atoms with Crippen LogP contribution in [0.2, 0.25) is 0 Å². The Kier molecular flexibility index (Phi) is 4.54. The average Bonchev–Trinajstić information content (AvgIpc) is 3.01. The normalized spacial score (nSPS) is 17.4. The topological polar surface area (TPSA) is 12.0 Å². The van der Waals surface area contributed by atoms with E-state index >= 15 is 0 Å². The molecule has 3 rings (SSSR count). The van der Waals surface area contributed by atoms with Crippen molar-refractivity contribution in [2.45, 2.75) is 45.1 Å². The summed E-state index contributed by atoms with van der Waals surface area (Å²) in [5.74, 6) is 0.698. The lowest BCUT2D eigenvalue weighted by Gasteiger charge is -2.23. The number of halogens is 1. The van der Waals surface area contributed by atoms with E-state index in [-0.39, 0.29) is 5.82 Å². The SMILES string of the molecule is CCNC(CC1CCCC1)c1ccc(F)c2ccccc12. The van der Waals surface area contributed by atoms with E-state index in [9.17, 15) is 4.39 Å². The first kappa shape index (κ1) is 14.5. The van der Waals surface area contributed by atoms with E-state index in [1.165, 1.54) is 37.7 Å². The molecule has 0 radical (unpaired) electrons. The van der Waals surface area contributed by atoms with E-state index in [1.807, 2.05) is 30.3 Å². The van der Waals surface area contributed by atoms with Crippen LogP contribution in [-0.4, -0.2) is 6.54 Å². The van der Waals surface area contributed by atoms with Gasteiger partial charge in [0.1, 0.15) is 5.82 Å². The van der Waals surface area contributed by atoms with Crippen molar-refractivity contribution in [1.82, 2.24) is 5.32 Å². The molecule has 1 nitrogen and oxygen atoms in total. The fourth-order valence-corrected chi connectivity index (χ4v) is 3.74. The van der Waals surface area contributed by atoms with E-state index in [1.54, 1.807) is 6.07 Å². The van der Waals surface area contributed by atoms with Crippen LogP contribution >= 0.6 is 0 Å². The molecule has 0 aliphatic heterocycles. The Morgan fingerprint density at radius 1 is 1.10 bits per heavy atom. The lowest BCUT2D eigenvalue weighted by atomic mass is 9.90. The Morgan fingerprint density at radius 3 is 2.52 bits per heavy atom. The van der Waals surface area contributed by atoms with Crippen molar-refractivity contribution in [1.29, 1.82) is 0 Å². The van der Waals surface area contributed by atoms with E-state index < -0.39 is 0 Å². The highest BCUT2D eigenvalue weighted by Crippen LogP contribution is 2.35. The smallest absolute Gasteiger partial charge is 0.131 e. The first-order valence-corrected chi connectivity index (χ1v) is 8.20. The van der Waals surface area contributed by atoms with Crippen molar-refractivity contribution < 1.29 is 4.39 Å². The van der Waals surface area contributed by atoms with Gasteiger partial charge < -0.3 is 5.32 Å². The second-order valence-corrected chi connectivity index (χ2v) is 6.18. The molecule has 2 heteroatoms. The summed E-state index contributed by atoms with van der Waals surface area (Å²) in [5.41, 5.74) is 1.25. The second-order valence-electron chi connectivity index (χ2n) is 6.18. The summed E-state index contributed by atoms with van der Waals surface area (Å²) in [7, 11) is 0. The molecule has 0 heterocycles. The summed E-state index contributed by atoms with van der Waals surface area (Å²) in [6.07, 6.45) is 6.60. The highest BCUT2D eigenvalue weighted by Gasteiger charge is 2.22. The van der Waals surface area contributed by atoms with Crippen LogP contribution < -0.4 is 5.32 Å². The number of nitrogens with one attached hydrogen (secondary N) is 1. The molecule has 0 saturated heterocycles. The molecule has 112 valence electrons. The van der Waals surface area contributed by atoms with Gasteiger partial charge in [-0.1, -0.05) is 62.9 Å². The third kappa shape index (κ3) is 3.11. The fraction of sp³-hybridized carbons (Fsp3) is 0.474. The minimum atomic E-state index is -0.120. The zero-order valence-electron chi connectivity index (χ0n) is 12.7. The molecule has 1 aliphatic rings. The second kappa shape index (κ2) is 6.57. The first-order valence-electron chi connectivity index (χ1n) is 8.20. The van der Waals surface area contributed by atoms with Crippen molar-refractivity contribution >= 4 is 10.8 Å². The largest absolute Gasteiger partial charge is 0.310 e. The van der Waals surface area contributed by atoms with E-state index in [4.69, 9.17) is 0 Å². The van der Waals surface area contributed by atoms with Crippen LogP contribution in [0.15, 0.2) is 36.4 Å². The molecule has 1 saturated carbocycles. The Labute approximate surface area is 126 Å². The molecular weight excluding hydrogens is 261 g/mol. The molecule has 1 unspecified atom stereocenters. The zero-order chi connectivity index (χ0) is 14.7. The van der Waals surface area contributed by atoms with E-state index in [2.05, 4.69) is 12.2 Å². The molecule has 2 aromatic rings. The third-order valence-electron chi connectivity index (χ3n) is 4.77. The van der Waals surface area contributed by atoms with Gasteiger partial charge in [-0.2, -0.15) is 0 Å². The number of hydrogen-bond acceptors (Lipinski definition) is 1. The van der Waals surface area contributed by atoms with Gasteiger partial charge in [0.05, 0.1) is 0 Å². The highest BCUT2D eigenvalue weighted by molar-refractivity contribution is 5.86. The maximum atomic E-state index is 14.0. The lowest BCUT2D eigenvalue weighted by Crippen LogP contribution is -2.23. The molecule has 1 aliphatic carbocycles. The Balaban J connectivity index is 1.96. The van der Waals surface area contributed by atoms with Gasteiger partial charge in [-0.3, -0.25) is 0 Å². The molecule has 1 N–H and O–H groups in total. The molecule has 21 heavy (non-hydrogen) atoms. The zero-order valence-corrected chi connectivity index (χ0v) is 12.7. The van der Waals surface area contributed by atoms with Gasteiger partial charge in [0.15, 0.2) is 0 Å².